The number of carbonyl (C=O) groups is 1. The Hall–Kier alpha value is -4.83. The van der Waals surface area contributed by atoms with Crippen LogP contribution in [0.25, 0.3) is 27.8 Å². The summed E-state index contributed by atoms with van der Waals surface area (Å²) in [6, 6.07) is 16.2. The lowest BCUT2D eigenvalue weighted by atomic mass is 10.1. The molecule has 12 heteroatoms. The lowest BCUT2D eigenvalue weighted by Gasteiger charge is -2.20. The van der Waals surface area contributed by atoms with Crippen molar-refractivity contribution in [2.24, 2.45) is 0 Å². The third kappa shape index (κ3) is 5.05. The van der Waals surface area contributed by atoms with Crippen molar-refractivity contribution in [1.29, 1.82) is 0 Å². The Kier molecular flexibility index (Phi) is 7.07. The molecule has 10 nitrogen and oxygen atoms in total. The van der Waals surface area contributed by atoms with Gasteiger partial charge < -0.3 is 15.2 Å². The summed E-state index contributed by atoms with van der Waals surface area (Å²) in [6.45, 7) is 0.187. The second-order valence-electron chi connectivity index (χ2n) is 9.67. The highest BCUT2D eigenvalue weighted by Crippen LogP contribution is 2.30. The van der Waals surface area contributed by atoms with Gasteiger partial charge in [-0.05, 0) is 73.6 Å². The van der Waals surface area contributed by atoms with Gasteiger partial charge in [-0.2, -0.15) is 4.31 Å². The predicted molar refractivity (Wildman–Crippen MR) is 158 cm³/mol. The van der Waals surface area contributed by atoms with E-state index in [-0.39, 0.29) is 17.3 Å². The molecule has 210 valence electrons. The van der Waals surface area contributed by atoms with E-state index in [1.807, 2.05) is 30.3 Å². The Balaban J connectivity index is 1.25. The molecule has 0 bridgehead atoms. The molecule has 2 aromatic carbocycles. The van der Waals surface area contributed by atoms with Gasteiger partial charge >= 0.3 is 5.97 Å². The van der Waals surface area contributed by atoms with Crippen LogP contribution < -0.4 is 0 Å². The lowest BCUT2D eigenvalue weighted by molar-refractivity contribution is -0.140. The van der Waals surface area contributed by atoms with Crippen LogP contribution >= 0.6 is 12.2 Å². The molecule has 0 radical (unpaired) electrons. The van der Waals surface area contributed by atoms with Crippen LogP contribution in [-0.2, 0) is 14.8 Å². The molecule has 1 fully saturated rings. The molecule has 0 unspecified atom stereocenters. The smallest absolute Gasteiger partial charge is 0.322 e. The van der Waals surface area contributed by atoms with E-state index < -0.39 is 22.0 Å². The van der Waals surface area contributed by atoms with Crippen LogP contribution in [0.4, 0.5) is 0 Å². The molecule has 4 heterocycles. The van der Waals surface area contributed by atoms with Crippen LogP contribution in [0.15, 0.2) is 84.1 Å². The Labute approximate surface area is 246 Å². The Morgan fingerprint density at radius 2 is 1.74 bits per heavy atom. The maximum absolute atomic E-state index is 13.0. The molecular formula is C30H23N5O5S2. The number of nitrogens with zero attached hydrogens (tertiary/aromatic N) is 4. The number of carboxylic acid groups (broad SMARTS) is 1. The van der Waals surface area contributed by atoms with Gasteiger partial charge in [0.2, 0.25) is 15.9 Å². The third-order valence-corrected chi connectivity index (χ3v) is 9.29. The number of carboxylic acids is 1. The topological polar surface area (TPSA) is 141 Å². The van der Waals surface area contributed by atoms with Gasteiger partial charge in [0.15, 0.2) is 4.77 Å². The number of benzene rings is 2. The monoisotopic (exact) mass is 597 g/mol. The number of imidazole rings is 1. The minimum Gasteiger partial charge on any atom is -0.493 e. The van der Waals surface area contributed by atoms with Gasteiger partial charge in [0, 0.05) is 41.0 Å². The summed E-state index contributed by atoms with van der Waals surface area (Å²) in [5.41, 5.74) is 4.20. The summed E-state index contributed by atoms with van der Waals surface area (Å²) in [5, 5.41) is 20.5. The number of hydrogen-bond acceptors (Lipinski definition) is 7. The van der Waals surface area contributed by atoms with Crippen molar-refractivity contribution in [3.05, 3.63) is 95.2 Å². The Morgan fingerprint density at radius 3 is 2.38 bits per heavy atom. The zero-order chi connectivity index (χ0) is 29.4. The third-order valence-electron chi connectivity index (χ3n) is 7.07. The molecule has 0 aliphatic carbocycles. The number of H-pyrrole nitrogens is 1. The summed E-state index contributed by atoms with van der Waals surface area (Å²) in [4.78, 5) is 23.3. The number of aromatic hydroxyl groups is 1. The van der Waals surface area contributed by atoms with Crippen molar-refractivity contribution >= 4 is 39.1 Å². The molecule has 0 saturated carbocycles. The minimum absolute atomic E-state index is 0.0286. The Bertz CT molecular complexity index is 2060. The zero-order valence-electron chi connectivity index (χ0n) is 21.9. The van der Waals surface area contributed by atoms with Crippen LogP contribution in [-0.4, -0.2) is 61.0 Å². The van der Waals surface area contributed by atoms with E-state index in [2.05, 4.69) is 21.8 Å². The molecule has 0 spiro atoms. The standard InChI is InChI=1S/C30H23N5O5S2/c36-28-18-32-30(41)35(28)27-16-25(33-24-13-14-31-17-23(24)27)21-9-5-19(6-10-21)3-4-20-7-11-22(12-8-20)42(39,40)34-15-1-2-26(34)29(37)38/h5-14,16-18,26,36H,1-2,15H2,(H,32,41)(H,37,38)/t26-/m1/s1. The predicted octanol–water partition coefficient (Wildman–Crippen LogP) is 4.49. The molecule has 0 amide bonds. The summed E-state index contributed by atoms with van der Waals surface area (Å²) in [7, 11) is -3.91. The van der Waals surface area contributed by atoms with Crippen molar-refractivity contribution in [1.82, 2.24) is 23.8 Å². The fourth-order valence-electron chi connectivity index (χ4n) is 4.97. The number of aromatic amines is 1. The van der Waals surface area contributed by atoms with Crippen LogP contribution in [0.1, 0.15) is 24.0 Å². The van der Waals surface area contributed by atoms with Gasteiger partial charge in [0.1, 0.15) is 6.04 Å². The summed E-state index contributed by atoms with van der Waals surface area (Å²) in [6.07, 6.45) is 5.57. The van der Waals surface area contributed by atoms with E-state index in [1.165, 1.54) is 22.9 Å². The molecule has 3 aromatic heterocycles. The number of rotatable bonds is 5. The molecule has 1 aliphatic rings. The number of sulfonamides is 1. The van der Waals surface area contributed by atoms with Crippen LogP contribution in [0.5, 0.6) is 5.88 Å². The van der Waals surface area contributed by atoms with E-state index >= 15 is 0 Å². The number of aromatic nitrogens is 4. The van der Waals surface area contributed by atoms with E-state index in [4.69, 9.17) is 17.2 Å². The van der Waals surface area contributed by atoms with Gasteiger partial charge in [-0.1, -0.05) is 24.0 Å². The quantitative estimate of drug-likeness (QED) is 0.199. The second kappa shape index (κ2) is 10.9. The van der Waals surface area contributed by atoms with Gasteiger partial charge in [-0.25, -0.2) is 13.4 Å². The molecule has 42 heavy (non-hydrogen) atoms. The van der Waals surface area contributed by atoms with Gasteiger partial charge in [-0.15, -0.1) is 0 Å². The molecule has 6 rings (SSSR count). The molecule has 3 N–H and O–H groups in total. The molecule has 1 aliphatic heterocycles. The van der Waals surface area contributed by atoms with Crippen LogP contribution in [0.2, 0.25) is 0 Å². The molecule has 1 saturated heterocycles. The summed E-state index contributed by atoms with van der Waals surface area (Å²) >= 11 is 5.37. The molecule has 5 aromatic rings. The van der Waals surface area contributed by atoms with Crippen molar-refractivity contribution in [2.75, 3.05) is 6.54 Å². The molecule has 1 atom stereocenters. The molecular weight excluding hydrogens is 574 g/mol. The SMILES string of the molecule is O=C(O)[C@H]1CCCN1S(=O)(=O)c1ccc(C#Cc2ccc(-c3cc(-n4c(O)c[nH]c4=S)c4cnccc4n3)cc2)cc1. The van der Waals surface area contributed by atoms with E-state index in [1.54, 1.807) is 30.6 Å². The number of aliphatic carboxylic acids is 1. The highest BCUT2D eigenvalue weighted by Gasteiger charge is 2.39. The van der Waals surface area contributed by atoms with Gasteiger partial charge in [0.25, 0.3) is 0 Å². The number of fused-ring (bicyclic) bond motifs is 1. The fraction of sp³-hybridized carbons (Fsp3) is 0.133. The maximum Gasteiger partial charge on any atom is 0.322 e. The van der Waals surface area contributed by atoms with Gasteiger partial charge in [-0.3, -0.25) is 14.3 Å². The first-order valence-electron chi connectivity index (χ1n) is 12.9. The lowest BCUT2D eigenvalue weighted by Crippen LogP contribution is -2.40. The highest BCUT2D eigenvalue weighted by atomic mass is 32.2. The highest BCUT2D eigenvalue weighted by molar-refractivity contribution is 7.89. The van der Waals surface area contributed by atoms with Crippen molar-refractivity contribution in [3.63, 3.8) is 0 Å². The normalized spacial score (nSPS) is 15.4. The first kappa shape index (κ1) is 27.3. The number of hydrogen-bond donors (Lipinski definition) is 3. The first-order chi connectivity index (χ1) is 20.2. The van der Waals surface area contributed by atoms with Crippen molar-refractivity contribution < 1.29 is 23.4 Å². The van der Waals surface area contributed by atoms with E-state index in [9.17, 15) is 23.4 Å². The summed E-state index contributed by atoms with van der Waals surface area (Å²) in [5.74, 6) is 4.96. The van der Waals surface area contributed by atoms with Crippen LogP contribution in [0.3, 0.4) is 0 Å². The number of pyridine rings is 2. The number of nitrogens with one attached hydrogen (secondary N) is 1. The average Bonchev–Trinajstić information content (AvgIpc) is 3.63. The van der Waals surface area contributed by atoms with E-state index in [0.29, 0.717) is 40.1 Å². The second-order valence-corrected chi connectivity index (χ2v) is 11.9. The first-order valence-corrected chi connectivity index (χ1v) is 14.8. The van der Waals surface area contributed by atoms with E-state index in [0.717, 1.165) is 20.8 Å². The Morgan fingerprint density at radius 1 is 1.05 bits per heavy atom. The largest absolute Gasteiger partial charge is 0.493 e. The fourth-order valence-corrected chi connectivity index (χ4v) is 6.87. The van der Waals surface area contributed by atoms with Crippen molar-refractivity contribution in [2.45, 2.75) is 23.8 Å². The maximum atomic E-state index is 13.0. The minimum atomic E-state index is -3.91. The van der Waals surface area contributed by atoms with Gasteiger partial charge in [0.05, 0.1) is 28.0 Å². The van der Waals surface area contributed by atoms with Crippen LogP contribution in [0, 0.1) is 16.6 Å². The average molecular weight is 598 g/mol. The van der Waals surface area contributed by atoms with Crippen molar-refractivity contribution in [3.8, 4) is 34.7 Å². The summed E-state index contributed by atoms with van der Waals surface area (Å²) < 4.78 is 28.9. The zero-order valence-corrected chi connectivity index (χ0v) is 23.6.